The first-order valence-corrected chi connectivity index (χ1v) is 6.48. The summed E-state index contributed by atoms with van der Waals surface area (Å²) in [7, 11) is 0. The maximum atomic E-state index is 8.59. The average Bonchev–Trinajstić information content (AvgIpc) is 2.29. The first-order chi connectivity index (χ1) is 7.43. The van der Waals surface area contributed by atoms with E-state index in [9.17, 15) is 0 Å². The van der Waals surface area contributed by atoms with Gasteiger partial charge in [-0.1, -0.05) is 19.3 Å². The molecule has 1 saturated carbocycles. The molecule has 0 heterocycles. The molecule has 0 bridgehead atoms. The van der Waals surface area contributed by atoms with Gasteiger partial charge in [-0.2, -0.15) is 0 Å². The zero-order valence-electron chi connectivity index (χ0n) is 9.80. The summed E-state index contributed by atoms with van der Waals surface area (Å²) < 4.78 is 0. The summed E-state index contributed by atoms with van der Waals surface area (Å²) in [5.41, 5.74) is 0. The van der Waals surface area contributed by atoms with Gasteiger partial charge in [0.05, 0.1) is 0 Å². The van der Waals surface area contributed by atoms with Crippen LogP contribution >= 0.6 is 0 Å². The normalized spacial score (nSPS) is 18.2. The molecule has 0 saturated heterocycles. The van der Waals surface area contributed by atoms with Gasteiger partial charge in [-0.15, -0.1) is 0 Å². The van der Waals surface area contributed by atoms with Gasteiger partial charge in [0.15, 0.2) is 0 Å². The number of nitrogens with one attached hydrogen (secondary N) is 2. The molecule has 3 nitrogen and oxygen atoms in total. The standard InChI is InChI=1S/C12H26N2O/c15-11-5-9-13-8-4-10-14-12-6-2-1-3-7-12/h12-15H,1-11H2. The smallest absolute Gasteiger partial charge is 0.0443 e. The van der Waals surface area contributed by atoms with Crippen LogP contribution in [0, 0.1) is 0 Å². The average molecular weight is 214 g/mol. The van der Waals surface area contributed by atoms with E-state index >= 15 is 0 Å². The maximum absolute atomic E-state index is 8.59. The zero-order chi connectivity index (χ0) is 10.8. The molecule has 0 spiro atoms. The predicted octanol–water partition coefficient (Wildman–Crippen LogP) is 1.27. The molecule has 1 rings (SSSR count). The lowest BCUT2D eigenvalue weighted by atomic mass is 9.95. The fourth-order valence-electron chi connectivity index (χ4n) is 2.16. The number of hydrogen-bond donors (Lipinski definition) is 3. The highest BCUT2D eigenvalue weighted by Gasteiger charge is 2.11. The minimum atomic E-state index is 0.299. The minimum Gasteiger partial charge on any atom is -0.396 e. The van der Waals surface area contributed by atoms with Gasteiger partial charge >= 0.3 is 0 Å². The molecule has 0 aromatic carbocycles. The van der Waals surface area contributed by atoms with Gasteiger partial charge in [-0.25, -0.2) is 0 Å². The fourth-order valence-corrected chi connectivity index (χ4v) is 2.16. The van der Waals surface area contributed by atoms with Crippen molar-refractivity contribution in [2.45, 2.75) is 51.0 Å². The van der Waals surface area contributed by atoms with E-state index in [2.05, 4.69) is 10.6 Å². The second kappa shape index (κ2) is 9.13. The first-order valence-electron chi connectivity index (χ1n) is 6.48. The molecule has 0 aliphatic heterocycles. The molecule has 3 N–H and O–H groups in total. The lowest BCUT2D eigenvalue weighted by Gasteiger charge is -2.22. The van der Waals surface area contributed by atoms with E-state index in [1.165, 1.54) is 38.5 Å². The van der Waals surface area contributed by atoms with Crippen molar-refractivity contribution < 1.29 is 5.11 Å². The molecule has 0 aromatic heterocycles. The van der Waals surface area contributed by atoms with Gasteiger partial charge < -0.3 is 15.7 Å². The molecular formula is C12H26N2O. The van der Waals surface area contributed by atoms with Crippen LogP contribution in [0.15, 0.2) is 0 Å². The highest BCUT2D eigenvalue weighted by atomic mass is 16.3. The topological polar surface area (TPSA) is 44.3 Å². The Balaban J connectivity index is 1.79. The van der Waals surface area contributed by atoms with Gasteiger partial charge in [0.25, 0.3) is 0 Å². The van der Waals surface area contributed by atoms with E-state index in [0.29, 0.717) is 6.61 Å². The highest BCUT2D eigenvalue weighted by molar-refractivity contribution is 4.71. The summed E-state index contributed by atoms with van der Waals surface area (Å²) in [5, 5.41) is 15.5. The summed E-state index contributed by atoms with van der Waals surface area (Å²) in [6.07, 6.45) is 9.06. The van der Waals surface area contributed by atoms with Crippen molar-refractivity contribution in [1.82, 2.24) is 10.6 Å². The van der Waals surface area contributed by atoms with Crippen LogP contribution in [0.2, 0.25) is 0 Å². The van der Waals surface area contributed by atoms with Crippen LogP contribution in [-0.4, -0.2) is 37.4 Å². The van der Waals surface area contributed by atoms with Crippen molar-refractivity contribution in [2.24, 2.45) is 0 Å². The second-order valence-corrected chi connectivity index (χ2v) is 4.47. The molecule has 0 aromatic rings. The van der Waals surface area contributed by atoms with Gasteiger partial charge in [0.2, 0.25) is 0 Å². The quantitative estimate of drug-likeness (QED) is 0.533. The number of aliphatic hydroxyl groups excluding tert-OH is 1. The maximum Gasteiger partial charge on any atom is 0.0443 e. The van der Waals surface area contributed by atoms with Crippen molar-refractivity contribution in [1.29, 1.82) is 0 Å². The van der Waals surface area contributed by atoms with Crippen LogP contribution < -0.4 is 10.6 Å². The summed E-state index contributed by atoms with van der Waals surface area (Å²) in [6, 6.07) is 0.788. The van der Waals surface area contributed by atoms with Crippen molar-refractivity contribution in [3.63, 3.8) is 0 Å². The SMILES string of the molecule is OCCCNCCCNC1CCCCC1. The Morgan fingerprint density at radius 3 is 2.40 bits per heavy atom. The first kappa shape index (κ1) is 12.9. The molecule has 0 atom stereocenters. The van der Waals surface area contributed by atoms with Gasteiger partial charge in [0, 0.05) is 12.6 Å². The Hall–Kier alpha value is -0.120. The van der Waals surface area contributed by atoms with Gasteiger partial charge in [0.1, 0.15) is 0 Å². The monoisotopic (exact) mass is 214 g/mol. The Morgan fingerprint density at radius 2 is 1.67 bits per heavy atom. The largest absolute Gasteiger partial charge is 0.396 e. The fraction of sp³-hybridized carbons (Fsp3) is 1.00. The van der Waals surface area contributed by atoms with Crippen molar-refractivity contribution in [3.05, 3.63) is 0 Å². The van der Waals surface area contributed by atoms with Crippen LogP contribution in [-0.2, 0) is 0 Å². The Bertz CT molecular complexity index is 136. The van der Waals surface area contributed by atoms with Gasteiger partial charge in [-0.3, -0.25) is 0 Å². The molecule has 0 radical (unpaired) electrons. The summed E-state index contributed by atoms with van der Waals surface area (Å²) >= 11 is 0. The molecular weight excluding hydrogens is 188 g/mol. The van der Waals surface area contributed by atoms with Crippen LogP contribution in [0.25, 0.3) is 0 Å². The lowest BCUT2D eigenvalue weighted by molar-refractivity contribution is 0.286. The molecule has 3 heteroatoms. The molecule has 90 valence electrons. The van der Waals surface area contributed by atoms with Gasteiger partial charge in [-0.05, 0) is 45.3 Å². The third-order valence-corrected chi connectivity index (χ3v) is 3.08. The second-order valence-electron chi connectivity index (χ2n) is 4.47. The zero-order valence-corrected chi connectivity index (χ0v) is 9.80. The Labute approximate surface area is 93.6 Å². The van der Waals surface area contributed by atoms with Crippen LogP contribution in [0.3, 0.4) is 0 Å². The van der Waals surface area contributed by atoms with Crippen molar-refractivity contribution in [2.75, 3.05) is 26.2 Å². The number of hydrogen-bond acceptors (Lipinski definition) is 3. The van der Waals surface area contributed by atoms with E-state index in [1.54, 1.807) is 0 Å². The molecule has 0 amide bonds. The van der Waals surface area contributed by atoms with E-state index in [4.69, 9.17) is 5.11 Å². The molecule has 1 fully saturated rings. The summed E-state index contributed by atoms with van der Waals surface area (Å²) in [5.74, 6) is 0. The molecule has 1 aliphatic rings. The molecule has 15 heavy (non-hydrogen) atoms. The Morgan fingerprint density at radius 1 is 0.933 bits per heavy atom. The third-order valence-electron chi connectivity index (χ3n) is 3.08. The lowest BCUT2D eigenvalue weighted by Crippen LogP contribution is -2.33. The highest BCUT2D eigenvalue weighted by Crippen LogP contribution is 2.16. The third kappa shape index (κ3) is 6.88. The summed E-state index contributed by atoms with van der Waals surface area (Å²) in [6.45, 7) is 3.45. The molecule has 1 aliphatic carbocycles. The minimum absolute atomic E-state index is 0.299. The van der Waals surface area contributed by atoms with E-state index in [-0.39, 0.29) is 0 Å². The van der Waals surface area contributed by atoms with Crippen LogP contribution in [0.5, 0.6) is 0 Å². The van der Waals surface area contributed by atoms with Crippen LogP contribution in [0.4, 0.5) is 0 Å². The van der Waals surface area contributed by atoms with E-state index < -0.39 is 0 Å². The van der Waals surface area contributed by atoms with Crippen LogP contribution in [0.1, 0.15) is 44.9 Å². The van der Waals surface area contributed by atoms with E-state index in [0.717, 1.165) is 32.1 Å². The van der Waals surface area contributed by atoms with E-state index in [1.807, 2.05) is 0 Å². The molecule has 0 unspecified atom stereocenters. The Kier molecular flexibility index (Phi) is 7.88. The van der Waals surface area contributed by atoms with Crippen molar-refractivity contribution >= 4 is 0 Å². The summed E-state index contributed by atoms with van der Waals surface area (Å²) in [4.78, 5) is 0. The number of rotatable bonds is 8. The van der Waals surface area contributed by atoms with Crippen molar-refractivity contribution in [3.8, 4) is 0 Å². The predicted molar refractivity (Wildman–Crippen MR) is 64.1 cm³/mol. The number of aliphatic hydroxyl groups is 1.